The molecular formula is C24H25F2N3O5. The van der Waals surface area contributed by atoms with Crippen molar-refractivity contribution in [2.75, 3.05) is 12.4 Å². The maximum atomic E-state index is 12.8. The predicted molar refractivity (Wildman–Crippen MR) is 121 cm³/mol. The second-order valence-corrected chi connectivity index (χ2v) is 7.70. The second kappa shape index (κ2) is 10.9. The Hall–Kier alpha value is -3.82. The van der Waals surface area contributed by atoms with Crippen LogP contribution in [0.2, 0.25) is 0 Å². The third-order valence-corrected chi connectivity index (χ3v) is 5.36. The lowest BCUT2D eigenvalue weighted by Crippen LogP contribution is -2.36. The van der Waals surface area contributed by atoms with E-state index in [2.05, 4.69) is 15.2 Å². The van der Waals surface area contributed by atoms with Crippen LogP contribution >= 0.6 is 0 Å². The Morgan fingerprint density at radius 3 is 2.47 bits per heavy atom. The van der Waals surface area contributed by atoms with Crippen LogP contribution in [0.1, 0.15) is 37.8 Å². The summed E-state index contributed by atoms with van der Waals surface area (Å²) in [4.78, 5) is 35.3. The fraction of sp³-hybridized carbons (Fsp3) is 0.333. The molecule has 0 spiro atoms. The molecule has 0 aromatic heterocycles. The van der Waals surface area contributed by atoms with Crippen LogP contribution in [-0.4, -0.2) is 42.0 Å². The number of carbonyl (C=O) groups is 3. The van der Waals surface area contributed by atoms with E-state index in [1.807, 2.05) is 6.92 Å². The van der Waals surface area contributed by atoms with Crippen molar-refractivity contribution in [3.05, 3.63) is 53.6 Å². The molecule has 0 fully saturated rings. The van der Waals surface area contributed by atoms with Gasteiger partial charge in [0.15, 0.2) is 11.5 Å². The van der Waals surface area contributed by atoms with Gasteiger partial charge in [0.1, 0.15) is 0 Å². The number of rotatable bonds is 9. The molecular weight excluding hydrogens is 448 g/mol. The highest BCUT2D eigenvalue weighted by atomic mass is 19.3. The van der Waals surface area contributed by atoms with Gasteiger partial charge in [0.2, 0.25) is 11.7 Å². The molecule has 0 bridgehead atoms. The first-order valence-electron chi connectivity index (χ1n) is 10.6. The lowest BCUT2D eigenvalue weighted by molar-refractivity contribution is -0.133. The molecule has 1 aliphatic rings. The molecule has 2 aromatic rings. The van der Waals surface area contributed by atoms with Crippen molar-refractivity contribution in [2.45, 2.75) is 39.8 Å². The maximum Gasteiger partial charge on any atom is 0.387 e. The average molecular weight is 473 g/mol. The molecule has 1 heterocycles. The molecule has 10 heteroatoms. The number of ether oxygens (including phenoxy) is 2. The number of ketones is 1. The largest absolute Gasteiger partial charge is 0.493 e. The first-order chi connectivity index (χ1) is 16.2. The van der Waals surface area contributed by atoms with Crippen LogP contribution in [0.5, 0.6) is 11.5 Å². The Bertz CT molecular complexity index is 1100. The van der Waals surface area contributed by atoms with Crippen LogP contribution in [0.15, 0.2) is 47.6 Å². The summed E-state index contributed by atoms with van der Waals surface area (Å²) in [6.45, 7) is 0.268. The molecule has 180 valence electrons. The summed E-state index contributed by atoms with van der Waals surface area (Å²) in [6, 6.07) is 11.3. The van der Waals surface area contributed by atoms with E-state index in [0.29, 0.717) is 23.4 Å². The fourth-order valence-corrected chi connectivity index (χ4v) is 3.54. The van der Waals surface area contributed by atoms with Gasteiger partial charge in [-0.05, 0) is 42.3 Å². The van der Waals surface area contributed by atoms with Crippen LogP contribution in [-0.2, 0) is 20.9 Å². The van der Waals surface area contributed by atoms with Gasteiger partial charge in [0, 0.05) is 30.5 Å². The van der Waals surface area contributed by atoms with Gasteiger partial charge in [0.25, 0.3) is 5.91 Å². The molecule has 1 unspecified atom stereocenters. The third-order valence-electron chi connectivity index (χ3n) is 5.36. The molecule has 2 aromatic carbocycles. The minimum atomic E-state index is -3.01. The standard InChI is InChI=1S/C24H25F2N3O5/c1-4-16-12-21(31)29(13-15-5-8-18(9-6-15)27-23(32)14(2)30)28-22(16)17-7-10-19(33-3)20(11-17)34-24(25)26/h5-11,16,24H,4,12-13H2,1-3H3,(H,27,32). The molecule has 1 N–H and O–H groups in total. The average Bonchev–Trinajstić information content (AvgIpc) is 2.80. The van der Waals surface area contributed by atoms with E-state index in [0.717, 1.165) is 5.56 Å². The number of hydrogen-bond donors (Lipinski definition) is 1. The van der Waals surface area contributed by atoms with Crippen LogP contribution in [0, 0.1) is 5.92 Å². The molecule has 0 saturated heterocycles. The van der Waals surface area contributed by atoms with Crippen molar-refractivity contribution in [3.63, 3.8) is 0 Å². The molecule has 0 radical (unpaired) electrons. The van der Waals surface area contributed by atoms with Gasteiger partial charge < -0.3 is 14.8 Å². The van der Waals surface area contributed by atoms with Gasteiger partial charge in [-0.3, -0.25) is 14.4 Å². The summed E-state index contributed by atoms with van der Waals surface area (Å²) in [5.41, 5.74) is 2.36. The number of anilines is 1. The van der Waals surface area contributed by atoms with Crippen LogP contribution in [0.4, 0.5) is 14.5 Å². The zero-order valence-electron chi connectivity index (χ0n) is 19.0. The zero-order chi connectivity index (χ0) is 24.8. The first-order valence-corrected chi connectivity index (χ1v) is 10.6. The highest BCUT2D eigenvalue weighted by molar-refractivity contribution is 6.39. The highest BCUT2D eigenvalue weighted by Crippen LogP contribution is 2.33. The van der Waals surface area contributed by atoms with Crippen molar-refractivity contribution < 1.29 is 32.6 Å². The molecule has 2 amide bonds. The van der Waals surface area contributed by atoms with Gasteiger partial charge >= 0.3 is 6.61 Å². The lowest BCUT2D eigenvalue weighted by atomic mass is 9.89. The molecule has 0 saturated carbocycles. The van der Waals surface area contributed by atoms with E-state index >= 15 is 0 Å². The zero-order valence-corrected chi connectivity index (χ0v) is 19.0. The number of methoxy groups -OCH3 is 1. The van der Waals surface area contributed by atoms with Crippen LogP contribution in [0.3, 0.4) is 0 Å². The van der Waals surface area contributed by atoms with E-state index in [-0.39, 0.29) is 36.3 Å². The van der Waals surface area contributed by atoms with Crippen LogP contribution in [0.25, 0.3) is 0 Å². The van der Waals surface area contributed by atoms with Crippen molar-refractivity contribution in [1.82, 2.24) is 5.01 Å². The minimum absolute atomic E-state index is 0.112. The van der Waals surface area contributed by atoms with Gasteiger partial charge in [-0.2, -0.15) is 13.9 Å². The van der Waals surface area contributed by atoms with Crippen molar-refractivity contribution >= 4 is 29.0 Å². The van der Waals surface area contributed by atoms with Crippen LogP contribution < -0.4 is 14.8 Å². The summed E-state index contributed by atoms with van der Waals surface area (Å²) >= 11 is 0. The molecule has 8 nitrogen and oxygen atoms in total. The predicted octanol–water partition coefficient (Wildman–Crippen LogP) is 3.99. The summed E-state index contributed by atoms with van der Waals surface area (Å²) in [7, 11) is 1.36. The number of benzene rings is 2. The molecule has 3 rings (SSSR count). The Morgan fingerprint density at radius 1 is 1.18 bits per heavy atom. The van der Waals surface area contributed by atoms with E-state index in [1.165, 1.54) is 31.2 Å². The summed E-state index contributed by atoms with van der Waals surface area (Å²) < 4.78 is 35.4. The maximum absolute atomic E-state index is 12.8. The fourth-order valence-electron chi connectivity index (χ4n) is 3.54. The number of alkyl halides is 2. The van der Waals surface area contributed by atoms with E-state index in [1.54, 1.807) is 30.3 Å². The second-order valence-electron chi connectivity index (χ2n) is 7.70. The summed E-state index contributed by atoms with van der Waals surface area (Å²) in [5.74, 6) is -1.61. The summed E-state index contributed by atoms with van der Waals surface area (Å²) in [6.07, 6.45) is 0.860. The number of hydrogen-bond acceptors (Lipinski definition) is 6. The van der Waals surface area contributed by atoms with Gasteiger partial charge in [0.05, 0.1) is 19.4 Å². The van der Waals surface area contributed by atoms with Crippen molar-refractivity contribution in [3.8, 4) is 11.5 Å². The Kier molecular flexibility index (Phi) is 7.93. The monoisotopic (exact) mass is 473 g/mol. The summed E-state index contributed by atoms with van der Waals surface area (Å²) in [5, 5.41) is 8.37. The Morgan fingerprint density at radius 2 is 1.88 bits per heavy atom. The number of halogens is 2. The Labute approximate surface area is 195 Å². The third kappa shape index (κ3) is 5.94. The molecule has 1 aliphatic heterocycles. The topological polar surface area (TPSA) is 97.3 Å². The van der Waals surface area contributed by atoms with E-state index < -0.39 is 18.3 Å². The first kappa shape index (κ1) is 24.8. The Balaban J connectivity index is 1.86. The minimum Gasteiger partial charge on any atom is -0.493 e. The van der Waals surface area contributed by atoms with E-state index in [4.69, 9.17) is 4.74 Å². The van der Waals surface area contributed by atoms with E-state index in [9.17, 15) is 23.2 Å². The van der Waals surface area contributed by atoms with Crippen molar-refractivity contribution in [1.29, 1.82) is 0 Å². The SMILES string of the molecule is CCC1CC(=O)N(Cc2ccc(NC(=O)C(C)=O)cc2)N=C1c1ccc(OC)c(OC(F)F)c1. The van der Waals surface area contributed by atoms with Gasteiger partial charge in [-0.25, -0.2) is 5.01 Å². The van der Waals surface area contributed by atoms with Gasteiger partial charge in [-0.1, -0.05) is 19.1 Å². The number of hydrazone groups is 1. The number of amides is 2. The molecule has 34 heavy (non-hydrogen) atoms. The lowest BCUT2D eigenvalue weighted by Gasteiger charge is -2.29. The quantitative estimate of drug-likeness (QED) is 0.556. The normalized spacial score (nSPS) is 15.7. The molecule has 0 aliphatic carbocycles. The number of carbonyl (C=O) groups excluding carboxylic acids is 3. The highest BCUT2D eigenvalue weighted by Gasteiger charge is 2.30. The van der Waals surface area contributed by atoms with Gasteiger partial charge in [-0.15, -0.1) is 0 Å². The number of Topliss-reactive ketones (excluding diaryl/α,β-unsaturated/α-hetero) is 1. The number of nitrogens with zero attached hydrogens (tertiary/aromatic N) is 2. The smallest absolute Gasteiger partial charge is 0.387 e. The van der Waals surface area contributed by atoms with Crippen molar-refractivity contribution in [2.24, 2.45) is 11.0 Å². The molecule has 1 atom stereocenters. The number of nitrogens with one attached hydrogen (secondary N) is 1.